The Morgan fingerprint density at radius 2 is 1.69 bits per heavy atom. The van der Waals surface area contributed by atoms with E-state index in [0.29, 0.717) is 29.7 Å². The van der Waals surface area contributed by atoms with Crippen LogP contribution in [0.3, 0.4) is 0 Å². The summed E-state index contributed by atoms with van der Waals surface area (Å²) in [6.45, 7) is 5.24. The van der Waals surface area contributed by atoms with Gasteiger partial charge in [-0.1, -0.05) is 18.2 Å². The number of imidazole rings is 1. The SMILES string of the molecule is COc1cc(C(=O)N2CC3CCC2C3N)cc2nc(-c3cc4ccc(-c5ccc6c(ccc(=O)n6CC(C)(C)O)c5)cc4n3CC3CC3)n(C)c12. The molecule has 10 nitrogen and oxygen atoms in total. The number of ether oxygens (including phenoxy) is 1. The van der Waals surface area contributed by atoms with Crippen molar-refractivity contribution in [2.75, 3.05) is 13.7 Å². The Morgan fingerprint density at radius 3 is 2.39 bits per heavy atom. The van der Waals surface area contributed by atoms with Gasteiger partial charge in [-0.25, -0.2) is 4.98 Å². The summed E-state index contributed by atoms with van der Waals surface area (Å²) >= 11 is 0. The summed E-state index contributed by atoms with van der Waals surface area (Å²) in [5.41, 5.74) is 12.6. The minimum absolute atomic E-state index is 0.00496. The lowest BCUT2D eigenvalue weighted by molar-refractivity contribution is 0.0617. The van der Waals surface area contributed by atoms with Crippen LogP contribution in [0.5, 0.6) is 5.75 Å². The number of hydrogen-bond acceptors (Lipinski definition) is 6. The maximum atomic E-state index is 13.8. The minimum atomic E-state index is -1.02. The number of carbonyl (C=O) groups is 1. The second-order valence-corrected chi connectivity index (χ2v) is 15.7. The number of aliphatic hydroxyl groups is 1. The van der Waals surface area contributed by atoms with Gasteiger partial charge in [-0.3, -0.25) is 9.59 Å². The third-order valence-electron chi connectivity index (χ3n) is 11.5. The first-order chi connectivity index (χ1) is 24.5. The van der Waals surface area contributed by atoms with Crippen LogP contribution in [-0.4, -0.2) is 65.9 Å². The summed E-state index contributed by atoms with van der Waals surface area (Å²) in [5, 5.41) is 12.5. The highest BCUT2D eigenvalue weighted by Gasteiger charge is 2.47. The number of rotatable bonds is 8. The standard InChI is InChI=1S/C41H44N6O4/c1-41(2,50)22-47-31-12-9-24(15-26(31)11-14-36(47)48)25-7-8-27-18-34(45(33(27)17-25)20-23-5-6-23)39-43-30-16-29(19-35(51-4)38(30)44(39)3)40(49)46-21-28-10-13-32(46)37(28)42/h7-9,11-12,14-19,23,28,32,37,50H,5-6,10,13,20-22,42H2,1-4H3. The van der Waals surface area contributed by atoms with Gasteiger partial charge in [0.2, 0.25) is 0 Å². The quantitative estimate of drug-likeness (QED) is 0.205. The molecular formula is C41H44N6O4. The first-order valence-electron chi connectivity index (χ1n) is 18.1. The van der Waals surface area contributed by atoms with E-state index in [2.05, 4.69) is 45.5 Å². The molecule has 9 rings (SSSR count). The van der Waals surface area contributed by atoms with Crippen molar-refractivity contribution in [3.63, 3.8) is 0 Å². The summed E-state index contributed by atoms with van der Waals surface area (Å²) in [6, 6.07) is 22.3. The average molecular weight is 685 g/mol. The summed E-state index contributed by atoms with van der Waals surface area (Å²) in [4.78, 5) is 33.7. The molecule has 2 aliphatic carbocycles. The zero-order valence-corrected chi connectivity index (χ0v) is 29.6. The molecule has 10 heteroatoms. The highest BCUT2D eigenvalue weighted by Crippen LogP contribution is 2.41. The Hall–Kier alpha value is -4.93. The molecule has 1 saturated heterocycles. The van der Waals surface area contributed by atoms with Crippen molar-refractivity contribution in [3.05, 3.63) is 82.6 Å². The zero-order chi connectivity index (χ0) is 35.3. The molecule has 3 N–H and O–H groups in total. The Balaban J connectivity index is 1.13. The topological polar surface area (TPSA) is 121 Å². The van der Waals surface area contributed by atoms with Crippen LogP contribution in [0.2, 0.25) is 0 Å². The minimum Gasteiger partial charge on any atom is -0.494 e. The lowest BCUT2D eigenvalue weighted by atomic mass is 10.0. The highest BCUT2D eigenvalue weighted by molar-refractivity contribution is 6.01. The van der Waals surface area contributed by atoms with Gasteiger partial charge in [-0.2, -0.15) is 0 Å². The van der Waals surface area contributed by atoms with Crippen LogP contribution >= 0.6 is 0 Å². The number of nitrogens with zero attached hydrogens (tertiary/aromatic N) is 5. The number of carbonyl (C=O) groups excluding carboxylic acids is 1. The highest BCUT2D eigenvalue weighted by atomic mass is 16.5. The van der Waals surface area contributed by atoms with Crippen molar-refractivity contribution in [2.24, 2.45) is 24.6 Å². The normalized spacial score (nSPS) is 20.4. The molecule has 2 saturated carbocycles. The number of methoxy groups -OCH3 is 1. The number of aromatic nitrogens is 4. The maximum absolute atomic E-state index is 13.8. The molecule has 6 aromatic rings. The van der Waals surface area contributed by atoms with E-state index in [1.165, 1.54) is 12.8 Å². The second-order valence-electron chi connectivity index (χ2n) is 15.7. The van der Waals surface area contributed by atoms with E-state index in [0.717, 1.165) is 74.9 Å². The van der Waals surface area contributed by atoms with Crippen LogP contribution < -0.4 is 16.0 Å². The summed E-state index contributed by atoms with van der Waals surface area (Å²) in [7, 11) is 3.67. The molecule has 3 aliphatic rings. The van der Waals surface area contributed by atoms with E-state index in [4.69, 9.17) is 15.5 Å². The predicted octanol–water partition coefficient (Wildman–Crippen LogP) is 5.93. The largest absolute Gasteiger partial charge is 0.494 e. The molecule has 3 atom stereocenters. The van der Waals surface area contributed by atoms with Gasteiger partial charge in [0.1, 0.15) is 11.3 Å². The molecule has 0 radical (unpaired) electrons. The van der Waals surface area contributed by atoms with E-state index in [9.17, 15) is 14.7 Å². The first kappa shape index (κ1) is 32.0. The molecular weight excluding hydrogens is 640 g/mol. The maximum Gasteiger partial charge on any atom is 0.254 e. The Labute approximate surface area is 296 Å². The Kier molecular flexibility index (Phi) is 7.25. The lowest BCUT2D eigenvalue weighted by Gasteiger charge is -2.27. The Bertz CT molecular complexity index is 2440. The van der Waals surface area contributed by atoms with Crippen LogP contribution in [0.25, 0.3) is 55.5 Å². The molecule has 0 spiro atoms. The van der Waals surface area contributed by atoms with Crippen LogP contribution in [0.1, 0.15) is 49.9 Å². The summed E-state index contributed by atoms with van der Waals surface area (Å²) in [6.07, 6.45) is 4.47. The van der Waals surface area contributed by atoms with Gasteiger partial charge in [-0.05, 0) is 110 Å². The molecule has 4 heterocycles. The van der Waals surface area contributed by atoms with Gasteiger partial charge in [-0.15, -0.1) is 0 Å². The first-order valence-corrected chi connectivity index (χ1v) is 18.1. The van der Waals surface area contributed by atoms with Gasteiger partial charge in [0, 0.05) is 54.8 Å². The van der Waals surface area contributed by atoms with Crippen LogP contribution in [0.4, 0.5) is 0 Å². The van der Waals surface area contributed by atoms with Crippen LogP contribution in [0.15, 0.2) is 71.5 Å². The van der Waals surface area contributed by atoms with E-state index in [-0.39, 0.29) is 30.1 Å². The fourth-order valence-electron chi connectivity index (χ4n) is 8.67. The van der Waals surface area contributed by atoms with E-state index in [1.54, 1.807) is 31.6 Å². The smallest absolute Gasteiger partial charge is 0.254 e. The summed E-state index contributed by atoms with van der Waals surface area (Å²) in [5.74, 6) is 2.44. The van der Waals surface area contributed by atoms with Gasteiger partial charge < -0.3 is 34.2 Å². The lowest BCUT2D eigenvalue weighted by Crippen LogP contribution is -2.41. The summed E-state index contributed by atoms with van der Waals surface area (Å²) < 4.78 is 12.0. The number of nitrogens with two attached hydrogens (primary N) is 1. The molecule has 2 bridgehead atoms. The second kappa shape index (κ2) is 11.5. The molecule has 3 aromatic carbocycles. The Morgan fingerprint density at radius 1 is 0.941 bits per heavy atom. The van der Waals surface area contributed by atoms with Crippen LogP contribution in [0, 0.1) is 11.8 Å². The van der Waals surface area contributed by atoms with Crippen molar-refractivity contribution < 1.29 is 14.6 Å². The van der Waals surface area contributed by atoms with Crippen molar-refractivity contribution >= 4 is 38.7 Å². The number of benzene rings is 3. The number of fused-ring (bicyclic) bond motifs is 5. The molecule has 3 fully saturated rings. The number of amides is 1. The number of pyridine rings is 1. The fourth-order valence-corrected chi connectivity index (χ4v) is 8.67. The van der Waals surface area contributed by atoms with E-state index < -0.39 is 5.60 Å². The van der Waals surface area contributed by atoms with Crippen LogP contribution in [-0.2, 0) is 20.1 Å². The molecule has 262 valence electrons. The molecule has 1 aliphatic heterocycles. The molecule has 1 amide bonds. The van der Waals surface area contributed by atoms with Gasteiger partial charge >= 0.3 is 0 Å². The number of piperidine rings is 1. The number of likely N-dealkylation sites (tertiary alicyclic amines) is 1. The van der Waals surface area contributed by atoms with Crippen molar-refractivity contribution in [3.8, 4) is 28.4 Å². The average Bonchev–Trinajstić information content (AvgIpc) is 3.51. The van der Waals surface area contributed by atoms with Crippen molar-refractivity contribution in [1.29, 1.82) is 0 Å². The van der Waals surface area contributed by atoms with Gasteiger partial charge in [0.05, 0.1) is 36.0 Å². The van der Waals surface area contributed by atoms with Gasteiger partial charge in [0.15, 0.2) is 5.82 Å². The molecule has 3 aromatic heterocycles. The molecule has 3 unspecified atom stereocenters. The van der Waals surface area contributed by atoms with E-state index >= 15 is 0 Å². The fraction of sp³-hybridized carbons (Fsp3) is 0.390. The third-order valence-corrected chi connectivity index (χ3v) is 11.5. The van der Waals surface area contributed by atoms with Crippen molar-refractivity contribution in [2.45, 2.75) is 70.3 Å². The van der Waals surface area contributed by atoms with Gasteiger partial charge in [0.25, 0.3) is 11.5 Å². The monoisotopic (exact) mass is 684 g/mol. The number of hydrogen-bond donors (Lipinski definition) is 2. The van der Waals surface area contributed by atoms with E-state index in [1.807, 2.05) is 36.2 Å². The molecule has 51 heavy (non-hydrogen) atoms. The van der Waals surface area contributed by atoms with Crippen molar-refractivity contribution in [1.82, 2.24) is 23.6 Å². The predicted molar refractivity (Wildman–Crippen MR) is 200 cm³/mol. The zero-order valence-electron chi connectivity index (χ0n) is 29.6. The number of aryl methyl sites for hydroxylation is 1. The third kappa shape index (κ3) is 5.34.